The smallest absolute Gasteiger partial charge is 0.339 e. The average Bonchev–Trinajstić information content (AvgIpc) is 3.22. The molecule has 1 fully saturated rings. The molecule has 26 heavy (non-hydrogen) atoms. The highest BCUT2D eigenvalue weighted by atomic mass is 16.5. The SMILES string of the molecule is Cc1cc(OC2CCN(C(=O)Cc3noc4ccccc34)C2)cc(=O)o1. The number of benzene rings is 1. The number of aromatic nitrogens is 1. The van der Waals surface area contributed by atoms with E-state index < -0.39 is 5.63 Å². The topological polar surface area (TPSA) is 85.8 Å². The molecule has 7 heteroatoms. The second-order valence-corrected chi connectivity index (χ2v) is 6.39. The Hall–Kier alpha value is -3.09. The van der Waals surface area contributed by atoms with Crippen LogP contribution in [-0.4, -0.2) is 35.2 Å². The minimum absolute atomic E-state index is 0.0149. The molecular weight excluding hydrogens is 336 g/mol. The first-order valence-electron chi connectivity index (χ1n) is 8.48. The van der Waals surface area contributed by atoms with Crippen LogP contribution in [0.2, 0.25) is 0 Å². The summed E-state index contributed by atoms with van der Waals surface area (Å²) < 4.78 is 16.0. The Balaban J connectivity index is 1.40. The highest BCUT2D eigenvalue weighted by Crippen LogP contribution is 2.21. The Morgan fingerprint density at radius 1 is 1.35 bits per heavy atom. The fourth-order valence-corrected chi connectivity index (χ4v) is 3.21. The van der Waals surface area contributed by atoms with E-state index in [1.165, 1.54) is 6.07 Å². The molecule has 2 aromatic heterocycles. The average molecular weight is 354 g/mol. The molecule has 3 heterocycles. The third-order valence-electron chi connectivity index (χ3n) is 4.44. The van der Waals surface area contributed by atoms with E-state index in [2.05, 4.69) is 5.16 Å². The van der Waals surface area contributed by atoms with Gasteiger partial charge in [0.25, 0.3) is 0 Å². The number of ether oxygens (including phenoxy) is 1. The standard InChI is InChI=1S/C19H18N2O5/c1-12-8-14(9-19(23)24-12)25-13-6-7-21(11-13)18(22)10-16-15-4-2-3-5-17(15)26-20-16/h2-5,8-9,13H,6-7,10-11H2,1H3. The van der Waals surface area contributed by atoms with Gasteiger partial charge in [-0.25, -0.2) is 4.79 Å². The molecule has 0 spiro atoms. The lowest BCUT2D eigenvalue weighted by Gasteiger charge is -2.17. The highest BCUT2D eigenvalue weighted by Gasteiger charge is 2.28. The molecule has 1 aliphatic rings. The van der Waals surface area contributed by atoms with E-state index in [-0.39, 0.29) is 18.4 Å². The van der Waals surface area contributed by atoms with Gasteiger partial charge < -0.3 is 18.6 Å². The van der Waals surface area contributed by atoms with Gasteiger partial charge in [-0.15, -0.1) is 0 Å². The largest absolute Gasteiger partial charge is 0.488 e. The highest BCUT2D eigenvalue weighted by molar-refractivity contribution is 5.86. The van der Waals surface area contributed by atoms with Gasteiger partial charge in [0.2, 0.25) is 5.91 Å². The zero-order chi connectivity index (χ0) is 18.1. The van der Waals surface area contributed by atoms with Crippen LogP contribution in [0.1, 0.15) is 17.9 Å². The summed E-state index contributed by atoms with van der Waals surface area (Å²) in [4.78, 5) is 25.8. The summed E-state index contributed by atoms with van der Waals surface area (Å²) in [5, 5.41) is 4.87. The van der Waals surface area contributed by atoms with Gasteiger partial charge >= 0.3 is 5.63 Å². The Kier molecular flexibility index (Phi) is 4.20. The van der Waals surface area contributed by atoms with E-state index in [0.717, 1.165) is 5.39 Å². The molecule has 3 aromatic rings. The monoisotopic (exact) mass is 354 g/mol. The summed E-state index contributed by atoms with van der Waals surface area (Å²) in [6.07, 6.45) is 0.761. The van der Waals surface area contributed by atoms with Crippen LogP contribution >= 0.6 is 0 Å². The summed E-state index contributed by atoms with van der Waals surface area (Å²) in [7, 11) is 0. The molecule has 1 saturated heterocycles. The molecule has 0 aliphatic carbocycles. The van der Waals surface area contributed by atoms with E-state index in [9.17, 15) is 9.59 Å². The van der Waals surface area contributed by atoms with Crippen molar-refractivity contribution >= 4 is 16.9 Å². The lowest BCUT2D eigenvalue weighted by atomic mass is 10.1. The predicted octanol–water partition coefficient (Wildman–Crippen LogP) is 2.31. The van der Waals surface area contributed by atoms with Crippen molar-refractivity contribution in [2.45, 2.75) is 25.9 Å². The van der Waals surface area contributed by atoms with Crippen LogP contribution in [0, 0.1) is 6.92 Å². The molecule has 0 saturated carbocycles. The molecule has 4 rings (SSSR count). The van der Waals surface area contributed by atoms with Crippen molar-refractivity contribution < 1.29 is 18.5 Å². The van der Waals surface area contributed by atoms with Crippen molar-refractivity contribution in [3.63, 3.8) is 0 Å². The maximum Gasteiger partial charge on any atom is 0.339 e. The number of fused-ring (bicyclic) bond motifs is 1. The maximum atomic E-state index is 12.6. The lowest BCUT2D eigenvalue weighted by Crippen LogP contribution is -2.32. The van der Waals surface area contributed by atoms with E-state index in [4.69, 9.17) is 13.7 Å². The van der Waals surface area contributed by atoms with Crippen LogP contribution < -0.4 is 10.4 Å². The number of aryl methyl sites for hydroxylation is 1. The molecule has 0 N–H and O–H groups in total. The zero-order valence-corrected chi connectivity index (χ0v) is 14.3. The van der Waals surface area contributed by atoms with Crippen molar-refractivity contribution in [2.75, 3.05) is 13.1 Å². The molecule has 1 aromatic carbocycles. The fraction of sp³-hybridized carbons (Fsp3) is 0.316. The molecule has 1 aliphatic heterocycles. The number of amides is 1. The van der Waals surface area contributed by atoms with Gasteiger partial charge in [0.15, 0.2) is 5.58 Å². The fourth-order valence-electron chi connectivity index (χ4n) is 3.21. The van der Waals surface area contributed by atoms with Crippen LogP contribution in [0.15, 0.2) is 50.1 Å². The van der Waals surface area contributed by atoms with Crippen LogP contribution in [0.5, 0.6) is 5.75 Å². The van der Waals surface area contributed by atoms with Crippen molar-refractivity contribution in [2.24, 2.45) is 0 Å². The van der Waals surface area contributed by atoms with Gasteiger partial charge in [-0.1, -0.05) is 17.3 Å². The summed E-state index contributed by atoms with van der Waals surface area (Å²) in [5.74, 6) is 0.954. The van der Waals surface area contributed by atoms with Gasteiger partial charge in [-0.05, 0) is 19.1 Å². The third-order valence-corrected chi connectivity index (χ3v) is 4.44. The van der Waals surface area contributed by atoms with E-state index in [1.807, 2.05) is 24.3 Å². The quantitative estimate of drug-likeness (QED) is 0.715. The number of likely N-dealkylation sites (tertiary alicyclic amines) is 1. The Morgan fingerprint density at radius 2 is 2.19 bits per heavy atom. The third kappa shape index (κ3) is 3.33. The Morgan fingerprint density at radius 3 is 3.04 bits per heavy atom. The minimum atomic E-state index is -0.441. The first kappa shape index (κ1) is 16.4. The van der Waals surface area contributed by atoms with Crippen LogP contribution in [0.3, 0.4) is 0 Å². The summed E-state index contributed by atoms with van der Waals surface area (Å²) in [5.41, 5.74) is 0.881. The predicted molar refractivity (Wildman–Crippen MR) is 93.0 cm³/mol. The normalized spacial score (nSPS) is 17.0. The lowest BCUT2D eigenvalue weighted by molar-refractivity contribution is -0.129. The van der Waals surface area contributed by atoms with Gasteiger partial charge in [-0.3, -0.25) is 4.79 Å². The first-order valence-corrected chi connectivity index (χ1v) is 8.48. The number of nitrogens with zero attached hydrogens (tertiary/aromatic N) is 2. The maximum absolute atomic E-state index is 12.6. The Labute approximate surface area is 149 Å². The molecular formula is C19H18N2O5. The number of rotatable bonds is 4. The Bertz CT molecular complexity index is 1010. The van der Waals surface area contributed by atoms with Gasteiger partial charge in [0.05, 0.1) is 19.0 Å². The summed E-state index contributed by atoms with van der Waals surface area (Å²) in [6, 6.07) is 10.5. The van der Waals surface area contributed by atoms with E-state index >= 15 is 0 Å². The first-order chi connectivity index (χ1) is 12.6. The van der Waals surface area contributed by atoms with Crippen molar-refractivity contribution in [3.8, 4) is 5.75 Å². The van der Waals surface area contributed by atoms with Crippen molar-refractivity contribution in [1.82, 2.24) is 10.1 Å². The zero-order valence-electron chi connectivity index (χ0n) is 14.3. The molecule has 134 valence electrons. The van der Waals surface area contributed by atoms with Crippen LogP contribution in [-0.2, 0) is 11.2 Å². The van der Waals surface area contributed by atoms with Crippen molar-refractivity contribution in [1.29, 1.82) is 0 Å². The number of para-hydroxylation sites is 1. The second kappa shape index (κ2) is 6.67. The molecule has 0 radical (unpaired) electrons. The van der Waals surface area contributed by atoms with Crippen LogP contribution in [0.4, 0.5) is 0 Å². The molecule has 1 unspecified atom stereocenters. The molecule has 1 atom stereocenters. The molecule has 0 bridgehead atoms. The van der Waals surface area contributed by atoms with Crippen LogP contribution in [0.25, 0.3) is 11.0 Å². The number of hydrogen-bond acceptors (Lipinski definition) is 6. The number of carbonyl (C=O) groups excluding carboxylic acids is 1. The summed E-state index contributed by atoms with van der Waals surface area (Å²) >= 11 is 0. The molecule has 1 amide bonds. The number of carbonyl (C=O) groups is 1. The van der Waals surface area contributed by atoms with Gasteiger partial charge in [0.1, 0.15) is 23.3 Å². The molecule has 7 nitrogen and oxygen atoms in total. The van der Waals surface area contributed by atoms with Crippen molar-refractivity contribution in [3.05, 3.63) is 58.3 Å². The minimum Gasteiger partial charge on any atom is -0.488 e. The van der Waals surface area contributed by atoms with E-state index in [0.29, 0.717) is 42.3 Å². The second-order valence-electron chi connectivity index (χ2n) is 6.39. The van der Waals surface area contributed by atoms with E-state index in [1.54, 1.807) is 17.9 Å². The summed E-state index contributed by atoms with van der Waals surface area (Å²) in [6.45, 7) is 2.79. The van der Waals surface area contributed by atoms with Gasteiger partial charge in [-0.2, -0.15) is 0 Å². The number of hydrogen-bond donors (Lipinski definition) is 0. The van der Waals surface area contributed by atoms with Gasteiger partial charge in [0, 0.05) is 24.4 Å².